The van der Waals surface area contributed by atoms with E-state index in [-0.39, 0.29) is 4.90 Å². The monoisotopic (exact) mass is 419 g/mol. The number of hydrogen-bond acceptors (Lipinski definition) is 3. The van der Waals surface area contributed by atoms with Gasteiger partial charge in [-0.05, 0) is 58.4 Å². The Labute approximate surface area is 134 Å². The molecule has 2 aromatic carbocycles. The lowest BCUT2D eigenvalue weighted by molar-refractivity contribution is 0.415. The van der Waals surface area contributed by atoms with Crippen LogP contribution in [0.3, 0.4) is 0 Å². The van der Waals surface area contributed by atoms with Gasteiger partial charge in [-0.1, -0.05) is 15.9 Å². The number of benzene rings is 2. The van der Waals surface area contributed by atoms with Gasteiger partial charge in [0.1, 0.15) is 10.6 Å². The average molecular weight is 421 g/mol. The molecular formula is C13H11Br2NO3S. The summed E-state index contributed by atoms with van der Waals surface area (Å²) < 4.78 is 33.4. The highest BCUT2D eigenvalue weighted by molar-refractivity contribution is 9.11. The molecular weight excluding hydrogens is 410 g/mol. The molecule has 2 aromatic rings. The second kappa shape index (κ2) is 6.15. The molecule has 0 amide bonds. The molecule has 0 aliphatic heterocycles. The van der Waals surface area contributed by atoms with Crippen molar-refractivity contribution < 1.29 is 13.2 Å². The number of nitrogens with one attached hydrogen (secondary N) is 1. The first kappa shape index (κ1) is 15.3. The quantitative estimate of drug-likeness (QED) is 0.812. The molecule has 0 spiro atoms. The molecule has 20 heavy (non-hydrogen) atoms. The molecule has 2 rings (SSSR count). The summed E-state index contributed by atoms with van der Waals surface area (Å²) in [6.45, 7) is 0. The molecule has 1 N–H and O–H groups in total. The molecule has 0 aliphatic carbocycles. The molecule has 0 atom stereocenters. The second-order valence-corrected chi connectivity index (χ2v) is 7.33. The van der Waals surface area contributed by atoms with Crippen molar-refractivity contribution in [3.8, 4) is 5.75 Å². The van der Waals surface area contributed by atoms with Gasteiger partial charge in [0, 0.05) is 14.6 Å². The molecule has 0 saturated carbocycles. The van der Waals surface area contributed by atoms with E-state index in [1.165, 1.54) is 6.07 Å². The van der Waals surface area contributed by atoms with Crippen LogP contribution in [-0.2, 0) is 10.0 Å². The van der Waals surface area contributed by atoms with Crippen molar-refractivity contribution >= 4 is 47.6 Å². The van der Waals surface area contributed by atoms with E-state index in [2.05, 4.69) is 36.6 Å². The predicted octanol–water partition coefficient (Wildman–Crippen LogP) is 4.02. The van der Waals surface area contributed by atoms with Crippen molar-refractivity contribution in [3.63, 3.8) is 0 Å². The average Bonchev–Trinajstić information content (AvgIpc) is 2.42. The van der Waals surface area contributed by atoms with E-state index in [0.717, 1.165) is 0 Å². The second-order valence-electron chi connectivity index (χ2n) is 3.91. The van der Waals surface area contributed by atoms with Crippen LogP contribution in [-0.4, -0.2) is 15.5 Å². The first-order valence-corrected chi connectivity index (χ1v) is 8.61. The fraction of sp³-hybridized carbons (Fsp3) is 0.0769. The Kier molecular flexibility index (Phi) is 4.72. The van der Waals surface area contributed by atoms with Crippen LogP contribution in [0.4, 0.5) is 5.69 Å². The van der Waals surface area contributed by atoms with E-state index >= 15 is 0 Å². The van der Waals surface area contributed by atoms with Crippen LogP contribution < -0.4 is 9.46 Å². The smallest absolute Gasteiger partial charge is 0.263 e. The van der Waals surface area contributed by atoms with Gasteiger partial charge < -0.3 is 4.74 Å². The van der Waals surface area contributed by atoms with Gasteiger partial charge >= 0.3 is 0 Å². The van der Waals surface area contributed by atoms with Crippen LogP contribution in [0.1, 0.15) is 0 Å². The van der Waals surface area contributed by atoms with E-state index in [0.29, 0.717) is 20.4 Å². The van der Waals surface area contributed by atoms with E-state index in [1.807, 2.05) is 0 Å². The van der Waals surface area contributed by atoms with Gasteiger partial charge in [0.05, 0.1) is 7.11 Å². The molecule has 0 bridgehead atoms. The molecule has 0 aliphatic rings. The van der Waals surface area contributed by atoms with Crippen LogP contribution in [0.25, 0.3) is 0 Å². The zero-order valence-electron chi connectivity index (χ0n) is 10.4. The van der Waals surface area contributed by atoms with E-state index in [9.17, 15) is 8.42 Å². The molecule has 0 unspecified atom stereocenters. The SMILES string of the molecule is COc1ccc(NS(=O)(=O)c2cc(Br)ccc2Br)cc1. The van der Waals surface area contributed by atoms with Gasteiger partial charge in [-0.3, -0.25) is 4.72 Å². The summed E-state index contributed by atoms with van der Waals surface area (Å²) in [6.07, 6.45) is 0. The van der Waals surface area contributed by atoms with Crippen LogP contribution in [0.2, 0.25) is 0 Å². The highest BCUT2D eigenvalue weighted by atomic mass is 79.9. The van der Waals surface area contributed by atoms with Gasteiger partial charge in [0.2, 0.25) is 0 Å². The van der Waals surface area contributed by atoms with Crippen molar-refractivity contribution in [1.82, 2.24) is 0 Å². The van der Waals surface area contributed by atoms with E-state index in [4.69, 9.17) is 4.74 Å². The summed E-state index contributed by atoms with van der Waals surface area (Å²) in [4.78, 5) is 0.169. The maximum atomic E-state index is 12.3. The molecule has 7 heteroatoms. The maximum Gasteiger partial charge on any atom is 0.263 e. The third-order valence-corrected chi connectivity index (χ3v) is 5.39. The number of hydrogen-bond donors (Lipinski definition) is 1. The van der Waals surface area contributed by atoms with Gasteiger partial charge in [-0.15, -0.1) is 0 Å². The van der Waals surface area contributed by atoms with Gasteiger partial charge in [0.25, 0.3) is 10.0 Å². The summed E-state index contributed by atoms with van der Waals surface area (Å²) >= 11 is 6.51. The fourth-order valence-corrected chi connectivity index (χ4v) is 4.11. The normalized spacial score (nSPS) is 11.2. The number of ether oxygens (including phenoxy) is 1. The third kappa shape index (κ3) is 3.53. The Morgan fingerprint density at radius 2 is 1.70 bits per heavy atom. The molecule has 0 fully saturated rings. The Bertz CT molecular complexity index is 715. The third-order valence-electron chi connectivity index (χ3n) is 2.53. The minimum absolute atomic E-state index is 0.169. The first-order valence-electron chi connectivity index (χ1n) is 5.54. The van der Waals surface area contributed by atoms with Crippen molar-refractivity contribution in [3.05, 3.63) is 51.4 Å². The summed E-state index contributed by atoms with van der Waals surface area (Å²) in [5, 5.41) is 0. The highest BCUT2D eigenvalue weighted by Crippen LogP contribution is 2.27. The summed E-state index contributed by atoms with van der Waals surface area (Å²) in [7, 11) is -2.10. The Balaban J connectivity index is 2.32. The minimum atomic E-state index is -3.65. The number of anilines is 1. The highest BCUT2D eigenvalue weighted by Gasteiger charge is 2.18. The van der Waals surface area contributed by atoms with Crippen molar-refractivity contribution in [2.45, 2.75) is 4.90 Å². The lowest BCUT2D eigenvalue weighted by Crippen LogP contribution is -2.13. The number of halogens is 2. The van der Waals surface area contributed by atoms with Crippen molar-refractivity contribution in [2.24, 2.45) is 0 Å². The molecule has 0 radical (unpaired) electrons. The lowest BCUT2D eigenvalue weighted by atomic mass is 10.3. The predicted molar refractivity (Wildman–Crippen MR) is 85.6 cm³/mol. The maximum absolute atomic E-state index is 12.3. The Morgan fingerprint density at radius 1 is 1.05 bits per heavy atom. The summed E-state index contributed by atoms with van der Waals surface area (Å²) in [6, 6.07) is 11.6. The fourth-order valence-electron chi connectivity index (χ4n) is 1.55. The minimum Gasteiger partial charge on any atom is -0.497 e. The van der Waals surface area contributed by atoms with Gasteiger partial charge in [-0.25, -0.2) is 8.42 Å². The van der Waals surface area contributed by atoms with Crippen LogP contribution in [0.15, 0.2) is 56.3 Å². The molecule has 0 saturated heterocycles. The summed E-state index contributed by atoms with van der Waals surface area (Å²) in [5.74, 6) is 0.664. The van der Waals surface area contributed by atoms with Crippen LogP contribution >= 0.6 is 31.9 Å². The molecule has 0 heterocycles. The summed E-state index contributed by atoms with van der Waals surface area (Å²) in [5.41, 5.74) is 0.470. The van der Waals surface area contributed by atoms with Crippen LogP contribution in [0.5, 0.6) is 5.75 Å². The van der Waals surface area contributed by atoms with Gasteiger partial charge in [-0.2, -0.15) is 0 Å². The zero-order chi connectivity index (χ0) is 14.8. The lowest BCUT2D eigenvalue weighted by Gasteiger charge is -2.10. The number of methoxy groups -OCH3 is 1. The van der Waals surface area contributed by atoms with E-state index < -0.39 is 10.0 Å². The van der Waals surface area contributed by atoms with Crippen molar-refractivity contribution in [2.75, 3.05) is 11.8 Å². The first-order chi connectivity index (χ1) is 9.42. The van der Waals surface area contributed by atoms with Crippen molar-refractivity contribution in [1.29, 1.82) is 0 Å². The molecule has 0 aromatic heterocycles. The Hall–Kier alpha value is -1.05. The largest absolute Gasteiger partial charge is 0.497 e. The van der Waals surface area contributed by atoms with E-state index in [1.54, 1.807) is 43.5 Å². The molecule has 106 valence electrons. The number of rotatable bonds is 4. The van der Waals surface area contributed by atoms with Gasteiger partial charge in [0.15, 0.2) is 0 Å². The zero-order valence-corrected chi connectivity index (χ0v) is 14.4. The van der Waals surface area contributed by atoms with Crippen LogP contribution in [0, 0.1) is 0 Å². The Morgan fingerprint density at radius 3 is 2.30 bits per heavy atom. The number of sulfonamides is 1. The topological polar surface area (TPSA) is 55.4 Å². The standard InChI is InChI=1S/C13H11Br2NO3S/c1-19-11-5-3-10(4-6-11)16-20(17,18)13-8-9(14)2-7-12(13)15/h2-8,16H,1H3. The molecule has 4 nitrogen and oxygen atoms in total.